The smallest absolute Gasteiger partial charge is 0.408 e. The van der Waals surface area contributed by atoms with Gasteiger partial charge in [0.25, 0.3) is 0 Å². The molecule has 1 aromatic rings. The first kappa shape index (κ1) is 22.7. The van der Waals surface area contributed by atoms with E-state index < -0.39 is 35.7 Å². The lowest BCUT2D eigenvalue weighted by Gasteiger charge is -2.31. The Kier molecular flexibility index (Phi) is 8.04. The minimum atomic E-state index is -0.889. The maximum atomic E-state index is 13.1. The van der Waals surface area contributed by atoms with Crippen LogP contribution >= 0.6 is 0 Å². The van der Waals surface area contributed by atoms with E-state index in [9.17, 15) is 14.4 Å². The molecule has 0 radical (unpaired) electrons. The summed E-state index contributed by atoms with van der Waals surface area (Å²) in [5.74, 6) is -0.994. The lowest BCUT2D eigenvalue weighted by atomic mass is 9.83. The van der Waals surface area contributed by atoms with Crippen molar-refractivity contribution in [3.8, 4) is 0 Å². The van der Waals surface area contributed by atoms with Crippen LogP contribution in [-0.4, -0.2) is 52.7 Å². The van der Waals surface area contributed by atoms with E-state index in [4.69, 9.17) is 9.47 Å². The molecule has 3 N–H and O–H groups in total. The van der Waals surface area contributed by atoms with E-state index in [0.717, 1.165) is 32.1 Å². The first-order valence-electron chi connectivity index (χ1n) is 10.0. The van der Waals surface area contributed by atoms with Crippen LogP contribution < -0.4 is 10.6 Å². The molecule has 0 bridgehead atoms. The van der Waals surface area contributed by atoms with Gasteiger partial charge in [0.15, 0.2) is 0 Å². The largest absolute Gasteiger partial charge is 0.467 e. The van der Waals surface area contributed by atoms with Crippen molar-refractivity contribution in [2.45, 2.75) is 77.0 Å². The van der Waals surface area contributed by atoms with Crippen molar-refractivity contribution in [1.82, 2.24) is 20.6 Å². The minimum absolute atomic E-state index is 0.0123. The summed E-state index contributed by atoms with van der Waals surface area (Å²) >= 11 is 0. The number of aromatic amines is 1. The second-order valence-electron chi connectivity index (χ2n) is 8.39. The highest BCUT2D eigenvalue weighted by atomic mass is 16.6. The van der Waals surface area contributed by atoms with E-state index >= 15 is 0 Å². The van der Waals surface area contributed by atoms with Crippen LogP contribution in [0.5, 0.6) is 0 Å². The summed E-state index contributed by atoms with van der Waals surface area (Å²) in [6.07, 6.45) is 7.42. The zero-order valence-electron chi connectivity index (χ0n) is 17.6. The Bertz CT molecular complexity index is 678. The molecule has 1 heterocycles. The summed E-state index contributed by atoms with van der Waals surface area (Å²) in [6.45, 7) is 5.29. The summed E-state index contributed by atoms with van der Waals surface area (Å²) < 4.78 is 10.2. The molecule has 0 aliphatic heterocycles. The number of carbonyl (C=O) groups is 3. The first-order valence-corrected chi connectivity index (χ1v) is 10.0. The third kappa shape index (κ3) is 7.40. The van der Waals surface area contributed by atoms with E-state index in [0.29, 0.717) is 5.69 Å². The van der Waals surface area contributed by atoms with Crippen LogP contribution in [0.25, 0.3) is 0 Å². The molecule has 2 atom stereocenters. The number of nitrogens with zero attached hydrogens (tertiary/aromatic N) is 1. The Morgan fingerprint density at radius 1 is 1.21 bits per heavy atom. The quantitative estimate of drug-likeness (QED) is 0.594. The number of esters is 1. The van der Waals surface area contributed by atoms with Crippen molar-refractivity contribution in [3.05, 3.63) is 18.2 Å². The summed E-state index contributed by atoms with van der Waals surface area (Å²) in [4.78, 5) is 44.5. The SMILES string of the molecule is COC(=O)C(Cc1cnc[nH]1)NC(=O)C(NC(=O)OC(C)(C)C)C1CCCCC1. The average Bonchev–Trinajstić information content (AvgIpc) is 3.17. The predicted molar refractivity (Wildman–Crippen MR) is 106 cm³/mol. The van der Waals surface area contributed by atoms with Crippen LogP contribution in [0.15, 0.2) is 12.5 Å². The molecule has 1 aromatic heterocycles. The number of ether oxygens (including phenoxy) is 2. The zero-order chi connectivity index (χ0) is 21.4. The molecule has 9 heteroatoms. The highest BCUT2D eigenvalue weighted by molar-refractivity contribution is 5.90. The maximum Gasteiger partial charge on any atom is 0.408 e. The van der Waals surface area contributed by atoms with E-state index in [1.54, 1.807) is 27.0 Å². The highest BCUT2D eigenvalue weighted by Gasteiger charge is 2.34. The van der Waals surface area contributed by atoms with Gasteiger partial charge in [-0.1, -0.05) is 19.3 Å². The second kappa shape index (κ2) is 10.3. The molecule has 1 aliphatic rings. The monoisotopic (exact) mass is 408 g/mol. The normalized spacial score (nSPS) is 17.1. The molecule has 2 amide bonds. The Morgan fingerprint density at radius 3 is 2.45 bits per heavy atom. The van der Waals surface area contributed by atoms with Gasteiger partial charge >= 0.3 is 12.1 Å². The molecule has 29 heavy (non-hydrogen) atoms. The fourth-order valence-corrected chi connectivity index (χ4v) is 3.51. The summed E-state index contributed by atoms with van der Waals surface area (Å²) in [6, 6.07) is -1.67. The van der Waals surface area contributed by atoms with Crippen molar-refractivity contribution in [1.29, 1.82) is 0 Å². The second-order valence-corrected chi connectivity index (χ2v) is 8.39. The Labute approximate surface area is 171 Å². The number of aromatic nitrogens is 2. The van der Waals surface area contributed by atoms with E-state index in [1.807, 2.05) is 0 Å². The topological polar surface area (TPSA) is 122 Å². The van der Waals surface area contributed by atoms with Gasteiger partial charge in [0.05, 0.1) is 13.4 Å². The van der Waals surface area contributed by atoms with Crippen molar-refractivity contribution in [2.24, 2.45) is 5.92 Å². The van der Waals surface area contributed by atoms with Crippen LogP contribution in [-0.2, 0) is 25.5 Å². The highest BCUT2D eigenvalue weighted by Crippen LogP contribution is 2.27. The maximum absolute atomic E-state index is 13.1. The molecule has 162 valence electrons. The molecule has 1 aliphatic carbocycles. The van der Waals surface area contributed by atoms with Gasteiger partial charge in [0.2, 0.25) is 5.91 Å². The van der Waals surface area contributed by atoms with Gasteiger partial charge < -0.3 is 25.1 Å². The Morgan fingerprint density at radius 2 is 1.90 bits per heavy atom. The molecule has 1 fully saturated rings. The van der Waals surface area contributed by atoms with Crippen molar-refractivity contribution < 1.29 is 23.9 Å². The molecule has 0 spiro atoms. The lowest BCUT2D eigenvalue weighted by Crippen LogP contribution is -2.56. The van der Waals surface area contributed by atoms with Crippen LogP contribution in [0.2, 0.25) is 0 Å². The molecule has 0 saturated heterocycles. The predicted octanol–water partition coefficient (Wildman–Crippen LogP) is 2.08. The van der Waals surface area contributed by atoms with Crippen molar-refractivity contribution >= 4 is 18.0 Å². The molecule has 2 rings (SSSR count). The molecule has 0 aromatic carbocycles. The summed E-state index contributed by atoms with van der Waals surface area (Å²) in [7, 11) is 1.27. The number of rotatable bonds is 7. The molecular weight excluding hydrogens is 376 g/mol. The van der Waals surface area contributed by atoms with Crippen molar-refractivity contribution in [2.75, 3.05) is 7.11 Å². The standard InChI is InChI=1S/C20H32N4O5/c1-20(2,3)29-19(27)24-16(13-8-6-5-7-9-13)17(25)23-15(18(26)28-4)10-14-11-21-12-22-14/h11-13,15-16H,5-10H2,1-4H3,(H,21,22)(H,23,25)(H,24,27). The number of hydrogen-bond acceptors (Lipinski definition) is 6. The third-order valence-electron chi connectivity index (χ3n) is 4.86. The zero-order valence-corrected chi connectivity index (χ0v) is 17.6. The molecule has 2 unspecified atom stereocenters. The van der Waals surface area contributed by atoms with Gasteiger partial charge in [0.1, 0.15) is 17.7 Å². The molecular formula is C20H32N4O5. The van der Waals surface area contributed by atoms with E-state index in [1.165, 1.54) is 13.4 Å². The van der Waals surface area contributed by atoms with Gasteiger partial charge in [-0.3, -0.25) is 4.79 Å². The third-order valence-corrected chi connectivity index (χ3v) is 4.86. The Balaban J connectivity index is 2.12. The van der Waals surface area contributed by atoms with Gasteiger partial charge in [0, 0.05) is 18.3 Å². The number of imidazole rings is 1. The first-order chi connectivity index (χ1) is 13.7. The number of amides is 2. The summed E-state index contributed by atoms with van der Waals surface area (Å²) in [5.41, 5.74) is 0.0161. The lowest BCUT2D eigenvalue weighted by molar-refractivity contribution is -0.145. The van der Waals surface area contributed by atoms with Crippen LogP contribution in [0.3, 0.4) is 0 Å². The molecule has 9 nitrogen and oxygen atoms in total. The van der Waals surface area contributed by atoms with E-state index in [-0.39, 0.29) is 12.3 Å². The van der Waals surface area contributed by atoms with Crippen molar-refractivity contribution in [3.63, 3.8) is 0 Å². The fourth-order valence-electron chi connectivity index (χ4n) is 3.51. The number of H-pyrrole nitrogens is 1. The van der Waals surface area contributed by atoms with Gasteiger partial charge in [-0.05, 0) is 39.5 Å². The summed E-state index contributed by atoms with van der Waals surface area (Å²) in [5, 5.41) is 5.46. The Hall–Kier alpha value is -2.58. The number of hydrogen-bond donors (Lipinski definition) is 3. The minimum Gasteiger partial charge on any atom is -0.467 e. The van der Waals surface area contributed by atoms with E-state index in [2.05, 4.69) is 20.6 Å². The van der Waals surface area contributed by atoms with Gasteiger partial charge in [-0.25, -0.2) is 14.6 Å². The van der Waals surface area contributed by atoms with Crippen LogP contribution in [0, 0.1) is 5.92 Å². The molecule has 1 saturated carbocycles. The average molecular weight is 408 g/mol. The van der Waals surface area contributed by atoms with Gasteiger partial charge in [-0.15, -0.1) is 0 Å². The number of methoxy groups -OCH3 is 1. The van der Waals surface area contributed by atoms with Crippen LogP contribution in [0.4, 0.5) is 4.79 Å². The number of nitrogens with one attached hydrogen (secondary N) is 3. The van der Waals surface area contributed by atoms with Gasteiger partial charge in [-0.2, -0.15) is 0 Å². The fraction of sp³-hybridized carbons (Fsp3) is 0.700. The number of alkyl carbamates (subject to hydrolysis) is 1. The van der Waals surface area contributed by atoms with Crippen LogP contribution in [0.1, 0.15) is 58.6 Å². The number of carbonyl (C=O) groups excluding carboxylic acids is 3.